The number of hydrogen-bond acceptors (Lipinski definition) is 2. The Kier molecular flexibility index (Phi) is 4.38. The molecule has 0 atom stereocenters. The van der Waals surface area contributed by atoms with Gasteiger partial charge in [-0.2, -0.15) is 0 Å². The molecular formula is C16H15BrO2. The fourth-order valence-electron chi connectivity index (χ4n) is 1.75. The molecule has 0 aliphatic rings. The molecule has 2 nitrogen and oxygen atoms in total. The van der Waals surface area contributed by atoms with E-state index in [0.717, 1.165) is 16.5 Å². The highest BCUT2D eigenvalue weighted by Gasteiger charge is 2.06. The third-order valence-electron chi connectivity index (χ3n) is 2.87. The van der Waals surface area contributed by atoms with Gasteiger partial charge in [-0.1, -0.05) is 41.9 Å². The van der Waals surface area contributed by atoms with Crippen LogP contribution in [0.2, 0.25) is 0 Å². The van der Waals surface area contributed by atoms with Gasteiger partial charge in [-0.25, -0.2) is 0 Å². The Morgan fingerprint density at radius 2 is 1.79 bits per heavy atom. The zero-order valence-corrected chi connectivity index (χ0v) is 12.5. The number of carbonyl (C=O) groups excluding carboxylic acids is 1. The highest BCUT2D eigenvalue weighted by molar-refractivity contribution is 9.10. The number of carbonyl (C=O) groups is 1. The molecule has 2 rings (SSSR count). The third kappa shape index (κ3) is 3.44. The van der Waals surface area contributed by atoms with Gasteiger partial charge >= 0.3 is 0 Å². The molecule has 2 aromatic carbocycles. The van der Waals surface area contributed by atoms with Gasteiger partial charge in [-0.3, -0.25) is 4.79 Å². The number of halogens is 1. The molecule has 0 unspecified atom stereocenters. The van der Waals surface area contributed by atoms with E-state index in [2.05, 4.69) is 29.8 Å². The molecule has 0 heterocycles. The molecule has 0 aliphatic carbocycles. The highest BCUT2D eigenvalue weighted by Crippen LogP contribution is 2.28. The first-order chi connectivity index (χ1) is 9.10. The van der Waals surface area contributed by atoms with Crippen molar-refractivity contribution >= 4 is 22.2 Å². The topological polar surface area (TPSA) is 26.3 Å². The van der Waals surface area contributed by atoms with Crippen LogP contribution in [-0.4, -0.2) is 6.29 Å². The summed E-state index contributed by atoms with van der Waals surface area (Å²) in [5, 5.41) is 0. The Morgan fingerprint density at radius 1 is 1.11 bits per heavy atom. The Bertz CT molecular complexity index is 574. The van der Waals surface area contributed by atoms with Crippen LogP contribution in [0.4, 0.5) is 0 Å². The molecule has 0 saturated heterocycles. The van der Waals surface area contributed by atoms with E-state index in [9.17, 15) is 4.79 Å². The quantitative estimate of drug-likeness (QED) is 0.726. The standard InChI is InChI=1S/C16H15BrO2/c1-11(2)12-3-6-15(7-4-12)19-16-8-5-14(17)9-13(16)10-18/h3-11H,1-2H3. The second kappa shape index (κ2) is 6.02. The number of ether oxygens (including phenoxy) is 1. The fourth-order valence-corrected chi connectivity index (χ4v) is 2.13. The summed E-state index contributed by atoms with van der Waals surface area (Å²) in [5.41, 5.74) is 1.79. The molecule has 0 fully saturated rings. The van der Waals surface area contributed by atoms with Crippen molar-refractivity contribution in [1.29, 1.82) is 0 Å². The van der Waals surface area contributed by atoms with Gasteiger partial charge in [-0.05, 0) is 41.8 Å². The van der Waals surface area contributed by atoms with Crippen LogP contribution in [0.3, 0.4) is 0 Å². The van der Waals surface area contributed by atoms with Crippen molar-refractivity contribution in [1.82, 2.24) is 0 Å². The molecule has 0 aromatic heterocycles. The zero-order valence-electron chi connectivity index (χ0n) is 10.9. The van der Waals surface area contributed by atoms with E-state index in [1.54, 1.807) is 12.1 Å². The second-order valence-corrected chi connectivity index (χ2v) is 5.54. The molecule has 0 amide bonds. The molecule has 0 aliphatic heterocycles. The normalized spacial score (nSPS) is 10.5. The molecular weight excluding hydrogens is 304 g/mol. The summed E-state index contributed by atoms with van der Waals surface area (Å²) in [7, 11) is 0. The van der Waals surface area contributed by atoms with Crippen LogP contribution in [0.15, 0.2) is 46.9 Å². The molecule has 0 bridgehead atoms. The van der Waals surface area contributed by atoms with Gasteiger partial charge in [0, 0.05) is 4.47 Å². The van der Waals surface area contributed by atoms with Crippen LogP contribution >= 0.6 is 15.9 Å². The van der Waals surface area contributed by atoms with E-state index in [0.29, 0.717) is 17.2 Å². The van der Waals surface area contributed by atoms with Crippen molar-refractivity contribution in [3.63, 3.8) is 0 Å². The summed E-state index contributed by atoms with van der Waals surface area (Å²) >= 11 is 3.33. The Labute approximate surface area is 121 Å². The summed E-state index contributed by atoms with van der Waals surface area (Å²) in [6, 6.07) is 13.3. The average Bonchev–Trinajstić information content (AvgIpc) is 2.41. The van der Waals surface area contributed by atoms with Crippen LogP contribution in [0.1, 0.15) is 35.7 Å². The van der Waals surface area contributed by atoms with Gasteiger partial charge in [0.2, 0.25) is 0 Å². The SMILES string of the molecule is CC(C)c1ccc(Oc2ccc(Br)cc2C=O)cc1. The van der Waals surface area contributed by atoms with Gasteiger partial charge in [0.25, 0.3) is 0 Å². The van der Waals surface area contributed by atoms with E-state index in [4.69, 9.17) is 4.74 Å². The molecule has 0 radical (unpaired) electrons. The number of aldehydes is 1. The summed E-state index contributed by atoms with van der Waals surface area (Å²) in [4.78, 5) is 11.0. The average molecular weight is 319 g/mol. The first-order valence-electron chi connectivity index (χ1n) is 6.12. The largest absolute Gasteiger partial charge is 0.457 e. The molecule has 2 aromatic rings. The first kappa shape index (κ1) is 13.8. The van der Waals surface area contributed by atoms with Crippen molar-refractivity contribution in [2.45, 2.75) is 19.8 Å². The lowest BCUT2D eigenvalue weighted by molar-refractivity contribution is 0.112. The molecule has 19 heavy (non-hydrogen) atoms. The van der Waals surface area contributed by atoms with Crippen molar-refractivity contribution in [3.8, 4) is 11.5 Å². The third-order valence-corrected chi connectivity index (χ3v) is 3.37. The van der Waals surface area contributed by atoms with Crippen LogP contribution in [-0.2, 0) is 0 Å². The van der Waals surface area contributed by atoms with E-state index in [1.165, 1.54) is 5.56 Å². The van der Waals surface area contributed by atoms with Gasteiger partial charge < -0.3 is 4.74 Å². The number of benzene rings is 2. The van der Waals surface area contributed by atoms with E-state index in [1.807, 2.05) is 30.3 Å². The van der Waals surface area contributed by atoms with Gasteiger partial charge in [0.1, 0.15) is 11.5 Å². The van der Waals surface area contributed by atoms with Crippen molar-refractivity contribution < 1.29 is 9.53 Å². The predicted octanol–water partition coefficient (Wildman–Crippen LogP) is 5.18. The number of hydrogen-bond donors (Lipinski definition) is 0. The van der Waals surface area contributed by atoms with Gasteiger partial charge in [-0.15, -0.1) is 0 Å². The summed E-state index contributed by atoms with van der Waals surface area (Å²) in [5.74, 6) is 1.79. The molecule has 0 spiro atoms. The maximum atomic E-state index is 11.0. The summed E-state index contributed by atoms with van der Waals surface area (Å²) in [6.07, 6.45) is 0.794. The zero-order chi connectivity index (χ0) is 13.8. The van der Waals surface area contributed by atoms with Crippen LogP contribution in [0.25, 0.3) is 0 Å². The summed E-state index contributed by atoms with van der Waals surface area (Å²) < 4.78 is 6.60. The van der Waals surface area contributed by atoms with Crippen molar-refractivity contribution in [3.05, 3.63) is 58.1 Å². The molecule has 3 heteroatoms. The lowest BCUT2D eigenvalue weighted by Gasteiger charge is -2.10. The lowest BCUT2D eigenvalue weighted by Crippen LogP contribution is -1.91. The van der Waals surface area contributed by atoms with Crippen LogP contribution < -0.4 is 4.74 Å². The van der Waals surface area contributed by atoms with Crippen molar-refractivity contribution in [2.75, 3.05) is 0 Å². The Hall–Kier alpha value is -1.61. The highest BCUT2D eigenvalue weighted by atomic mass is 79.9. The number of rotatable bonds is 4. The Balaban J connectivity index is 2.23. The smallest absolute Gasteiger partial charge is 0.153 e. The van der Waals surface area contributed by atoms with Gasteiger partial charge in [0.15, 0.2) is 6.29 Å². The molecule has 0 saturated carbocycles. The second-order valence-electron chi connectivity index (χ2n) is 4.63. The van der Waals surface area contributed by atoms with E-state index >= 15 is 0 Å². The van der Waals surface area contributed by atoms with Crippen molar-refractivity contribution in [2.24, 2.45) is 0 Å². The lowest BCUT2D eigenvalue weighted by atomic mass is 10.0. The van der Waals surface area contributed by atoms with E-state index in [-0.39, 0.29) is 0 Å². The molecule has 98 valence electrons. The first-order valence-corrected chi connectivity index (χ1v) is 6.92. The van der Waals surface area contributed by atoms with Crippen LogP contribution in [0.5, 0.6) is 11.5 Å². The minimum atomic E-state index is 0.493. The van der Waals surface area contributed by atoms with E-state index < -0.39 is 0 Å². The minimum Gasteiger partial charge on any atom is -0.457 e. The Morgan fingerprint density at radius 3 is 2.37 bits per heavy atom. The maximum absolute atomic E-state index is 11.0. The molecule has 0 N–H and O–H groups in total. The monoisotopic (exact) mass is 318 g/mol. The maximum Gasteiger partial charge on any atom is 0.153 e. The predicted molar refractivity (Wildman–Crippen MR) is 80.1 cm³/mol. The minimum absolute atomic E-state index is 0.493. The van der Waals surface area contributed by atoms with Gasteiger partial charge in [0.05, 0.1) is 5.56 Å². The fraction of sp³-hybridized carbons (Fsp3) is 0.188. The summed E-state index contributed by atoms with van der Waals surface area (Å²) in [6.45, 7) is 4.30. The van der Waals surface area contributed by atoms with Crippen LogP contribution in [0, 0.1) is 0 Å².